The number of benzene rings is 1. The number of hydrogen-bond donors (Lipinski definition) is 1. The number of carbonyl (C=O) groups is 2. The molecule has 0 atom stereocenters. The zero-order valence-corrected chi connectivity index (χ0v) is 6.52. The molecule has 1 aromatic carbocycles. The van der Waals surface area contributed by atoms with E-state index < -0.39 is 11.8 Å². The summed E-state index contributed by atoms with van der Waals surface area (Å²) in [5.41, 5.74) is 0.466. The van der Waals surface area contributed by atoms with Crippen molar-refractivity contribution in [3.8, 4) is 6.07 Å². The van der Waals surface area contributed by atoms with Gasteiger partial charge in [-0.3, -0.25) is 4.79 Å². The van der Waals surface area contributed by atoms with Crippen LogP contribution in [-0.4, -0.2) is 16.9 Å². The molecule has 64 valence electrons. The minimum atomic E-state index is -1.50. The third kappa shape index (κ3) is 1.91. The Morgan fingerprint density at radius 3 is 2.15 bits per heavy atom. The van der Waals surface area contributed by atoms with Crippen LogP contribution in [0.3, 0.4) is 0 Å². The Kier molecular flexibility index (Phi) is 2.41. The van der Waals surface area contributed by atoms with E-state index in [0.29, 0.717) is 5.56 Å². The van der Waals surface area contributed by atoms with Crippen molar-refractivity contribution in [2.24, 2.45) is 0 Å². The molecule has 0 aromatic heterocycles. The van der Waals surface area contributed by atoms with E-state index in [1.165, 1.54) is 24.3 Å². The second kappa shape index (κ2) is 3.50. The van der Waals surface area contributed by atoms with Crippen LogP contribution in [0.5, 0.6) is 0 Å². The first kappa shape index (κ1) is 8.94. The Balaban J connectivity index is 3.01. The van der Waals surface area contributed by atoms with Gasteiger partial charge in [-0.15, -0.1) is 0 Å². The molecule has 0 unspecified atom stereocenters. The zero-order chi connectivity index (χ0) is 9.84. The van der Waals surface area contributed by atoms with Crippen molar-refractivity contribution in [3.63, 3.8) is 0 Å². The van der Waals surface area contributed by atoms with Gasteiger partial charge in [0.15, 0.2) is 0 Å². The topological polar surface area (TPSA) is 78.2 Å². The first-order valence-corrected chi connectivity index (χ1v) is 3.43. The molecule has 0 radical (unpaired) electrons. The molecule has 4 nitrogen and oxygen atoms in total. The molecule has 0 bridgehead atoms. The van der Waals surface area contributed by atoms with E-state index in [1.807, 2.05) is 6.07 Å². The van der Waals surface area contributed by atoms with E-state index in [-0.39, 0.29) is 5.56 Å². The fraction of sp³-hybridized carbons (Fsp3) is 0. The summed E-state index contributed by atoms with van der Waals surface area (Å²) in [4.78, 5) is 21.1. The van der Waals surface area contributed by atoms with Crippen molar-refractivity contribution in [2.45, 2.75) is 0 Å². The fourth-order valence-electron chi connectivity index (χ4n) is 0.820. The van der Waals surface area contributed by atoms with Gasteiger partial charge in [0.2, 0.25) is 0 Å². The zero-order valence-electron chi connectivity index (χ0n) is 6.52. The summed E-state index contributed by atoms with van der Waals surface area (Å²) in [5, 5.41) is 16.8. The Hall–Kier alpha value is -2.15. The van der Waals surface area contributed by atoms with E-state index in [1.54, 1.807) is 0 Å². The lowest BCUT2D eigenvalue weighted by molar-refractivity contribution is -0.131. The standard InChI is InChI=1S/C9H5NO3/c10-5-6-1-3-7(4-2-6)8(11)9(12)13/h1-4H,(H,12,13). The first-order chi connectivity index (χ1) is 6.15. The highest BCUT2D eigenvalue weighted by atomic mass is 16.4. The van der Waals surface area contributed by atoms with Crippen LogP contribution in [0.15, 0.2) is 24.3 Å². The van der Waals surface area contributed by atoms with Gasteiger partial charge in [0.05, 0.1) is 11.6 Å². The second-order valence-electron chi connectivity index (χ2n) is 2.32. The van der Waals surface area contributed by atoms with Crippen LogP contribution < -0.4 is 0 Å². The maximum absolute atomic E-state index is 10.9. The quantitative estimate of drug-likeness (QED) is 0.533. The summed E-state index contributed by atoms with van der Waals surface area (Å²) < 4.78 is 0. The van der Waals surface area contributed by atoms with Crippen LogP contribution in [0.1, 0.15) is 15.9 Å². The lowest BCUT2D eigenvalue weighted by Crippen LogP contribution is -2.12. The monoisotopic (exact) mass is 175 g/mol. The molecule has 0 fully saturated rings. The lowest BCUT2D eigenvalue weighted by Gasteiger charge is -1.94. The summed E-state index contributed by atoms with van der Waals surface area (Å²) in [6.45, 7) is 0. The van der Waals surface area contributed by atoms with Crippen molar-refractivity contribution in [3.05, 3.63) is 35.4 Å². The van der Waals surface area contributed by atoms with Crippen LogP contribution in [-0.2, 0) is 4.79 Å². The first-order valence-electron chi connectivity index (χ1n) is 3.43. The van der Waals surface area contributed by atoms with Crippen molar-refractivity contribution >= 4 is 11.8 Å². The van der Waals surface area contributed by atoms with E-state index in [4.69, 9.17) is 10.4 Å². The number of aliphatic carboxylic acids is 1. The minimum Gasteiger partial charge on any atom is -0.475 e. The average Bonchev–Trinajstić information content (AvgIpc) is 2.17. The Morgan fingerprint density at radius 1 is 1.23 bits per heavy atom. The van der Waals surface area contributed by atoms with Crippen LogP contribution in [0.4, 0.5) is 0 Å². The maximum Gasteiger partial charge on any atom is 0.377 e. The molecule has 0 aliphatic rings. The third-order valence-electron chi connectivity index (χ3n) is 1.47. The number of rotatable bonds is 2. The van der Waals surface area contributed by atoms with Crippen LogP contribution in [0.25, 0.3) is 0 Å². The number of nitriles is 1. The molecule has 13 heavy (non-hydrogen) atoms. The molecule has 0 aliphatic carbocycles. The van der Waals surface area contributed by atoms with Gasteiger partial charge < -0.3 is 5.11 Å². The SMILES string of the molecule is N#Cc1ccc(C(=O)C(=O)O)cc1. The Morgan fingerprint density at radius 2 is 1.77 bits per heavy atom. The summed E-state index contributed by atoms with van der Waals surface area (Å²) in [5.74, 6) is -2.46. The predicted octanol–water partition coefficient (Wildman–Crippen LogP) is 0.826. The molecular formula is C9H5NO3. The smallest absolute Gasteiger partial charge is 0.377 e. The molecule has 0 amide bonds. The third-order valence-corrected chi connectivity index (χ3v) is 1.47. The molecular weight excluding hydrogens is 170 g/mol. The molecule has 0 heterocycles. The number of carboxylic acids is 1. The predicted molar refractivity (Wildman–Crippen MR) is 43.1 cm³/mol. The molecule has 1 rings (SSSR count). The average molecular weight is 175 g/mol. The summed E-state index contributed by atoms with van der Waals surface area (Å²) in [7, 11) is 0. The number of ketones is 1. The highest BCUT2D eigenvalue weighted by Crippen LogP contribution is 2.03. The maximum atomic E-state index is 10.9. The number of nitrogens with zero attached hydrogens (tertiary/aromatic N) is 1. The molecule has 0 saturated heterocycles. The van der Waals surface area contributed by atoms with Crippen molar-refractivity contribution in [2.75, 3.05) is 0 Å². The number of carbonyl (C=O) groups excluding carboxylic acids is 1. The van der Waals surface area contributed by atoms with Crippen molar-refractivity contribution in [1.82, 2.24) is 0 Å². The molecule has 4 heteroatoms. The normalized spacial score (nSPS) is 8.85. The summed E-state index contributed by atoms with van der Waals surface area (Å²) in [6.07, 6.45) is 0. The van der Waals surface area contributed by atoms with Gasteiger partial charge in [-0.2, -0.15) is 5.26 Å². The van der Waals surface area contributed by atoms with Gasteiger partial charge in [-0.25, -0.2) is 4.79 Å². The Bertz CT molecular complexity index is 386. The number of hydrogen-bond acceptors (Lipinski definition) is 3. The lowest BCUT2D eigenvalue weighted by atomic mass is 10.1. The van der Waals surface area contributed by atoms with Crippen molar-refractivity contribution in [1.29, 1.82) is 5.26 Å². The van der Waals surface area contributed by atoms with Crippen LogP contribution in [0.2, 0.25) is 0 Å². The number of carboxylic acid groups (broad SMARTS) is 1. The molecule has 0 saturated carbocycles. The molecule has 0 spiro atoms. The van der Waals surface area contributed by atoms with Crippen LogP contribution in [0, 0.1) is 11.3 Å². The largest absolute Gasteiger partial charge is 0.475 e. The van der Waals surface area contributed by atoms with E-state index in [2.05, 4.69) is 0 Å². The fourth-order valence-corrected chi connectivity index (χ4v) is 0.820. The Labute approximate surface area is 74.0 Å². The molecule has 1 aromatic rings. The molecule has 1 N–H and O–H groups in total. The van der Waals surface area contributed by atoms with Gasteiger partial charge in [0.25, 0.3) is 5.78 Å². The van der Waals surface area contributed by atoms with Crippen LogP contribution >= 0.6 is 0 Å². The minimum absolute atomic E-state index is 0.0755. The number of Topliss-reactive ketones (excluding diaryl/α,β-unsaturated/α-hetero) is 1. The highest BCUT2D eigenvalue weighted by Gasteiger charge is 2.13. The second-order valence-corrected chi connectivity index (χ2v) is 2.32. The highest BCUT2D eigenvalue weighted by molar-refractivity contribution is 6.39. The van der Waals surface area contributed by atoms with Crippen molar-refractivity contribution < 1.29 is 14.7 Å². The summed E-state index contributed by atoms with van der Waals surface area (Å²) >= 11 is 0. The van der Waals surface area contributed by atoms with Gasteiger partial charge in [0, 0.05) is 5.56 Å². The van der Waals surface area contributed by atoms with Gasteiger partial charge >= 0.3 is 5.97 Å². The van der Waals surface area contributed by atoms with Gasteiger partial charge in [0.1, 0.15) is 0 Å². The van der Waals surface area contributed by atoms with E-state index in [0.717, 1.165) is 0 Å². The van der Waals surface area contributed by atoms with Gasteiger partial charge in [-0.1, -0.05) is 0 Å². The molecule has 0 aliphatic heterocycles. The summed E-state index contributed by atoms with van der Waals surface area (Å²) in [6, 6.07) is 7.29. The van der Waals surface area contributed by atoms with E-state index >= 15 is 0 Å². The van der Waals surface area contributed by atoms with Gasteiger partial charge in [-0.05, 0) is 24.3 Å². The van der Waals surface area contributed by atoms with E-state index in [9.17, 15) is 9.59 Å².